The number of rotatable bonds is 6. The number of Topliss-reactive ketones (excluding diaryl/α,β-unsaturated/α-hetero) is 1. The molecule has 1 unspecified atom stereocenters. The van der Waals surface area contributed by atoms with Crippen LogP contribution in [0.3, 0.4) is 0 Å². The molecule has 0 aromatic carbocycles. The lowest BCUT2D eigenvalue weighted by atomic mass is 10.1. The number of aliphatic carboxylic acids is 1. The summed E-state index contributed by atoms with van der Waals surface area (Å²) >= 11 is 0. The van der Waals surface area contributed by atoms with Gasteiger partial charge in [-0.25, -0.2) is 4.79 Å². The fourth-order valence-corrected chi connectivity index (χ4v) is 1.79. The van der Waals surface area contributed by atoms with E-state index in [9.17, 15) is 14.4 Å². The van der Waals surface area contributed by atoms with Gasteiger partial charge in [-0.1, -0.05) is 0 Å². The van der Waals surface area contributed by atoms with Crippen molar-refractivity contribution in [1.29, 1.82) is 0 Å². The highest BCUT2D eigenvalue weighted by atomic mass is 16.4. The van der Waals surface area contributed by atoms with E-state index in [0.717, 1.165) is 19.4 Å². The molecule has 6 heteroatoms. The fraction of sp³-hybridized carbons (Fsp3) is 0.727. The molecule has 2 atom stereocenters. The van der Waals surface area contributed by atoms with Gasteiger partial charge in [0, 0.05) is 6.42 Å². The zero-order chi connectivity index (χ0) is 12.8. The highest BCUT2D eigenvalue weighted by Crippen LogP contribution is 2.06. The molecule has 96 valence electrons. The molecular weight excluding hydrogens is 224 g/mol. The van der Waals surface area contributed by atoms with E-state index in [1.165, 1.54) is 6.92 Å². The van der Waals surface area contributed by atoms with E-state index in [1.807, 2.05) is 0 Å². The number of carboxylic acid groups (broad SMARTS) is 1. The largest absolute Gasteiger partial charge is 0.480 e. The van der Waals surface area contributed by atoms with Crippen LogP contribution in [0.4, 0.5) is 0 Å². The van der Waals surface area contributed by atoms with Crippen LogP contribution in [0.1, 0.15) is 32.6 Å². The Kier molecular flexibility index (Phi) is 5.09. The smallest absolute Gasteiger partial charge is 0.326 e. The van der Waals surface area contributed by atoms with Gasteiger partial charge in [0.15, 0.2) is 0 Å². The second-order valence-electron chi connectivity index (χ2n) is 4.29. The van der Waals surface area contributed by atoms with Crippen LogP contribution < -0.4 is 10.6 Å². The molecule has 1 heterocycles. The first-order chi connectivity index (χ1) is 8.00. The van der Waals surface area contributed by atoms with Crippen molar-refractivity contribution in [3.05, 3.63) is 0 Å². The van der Waals surface area contributed by atoms with Crippen molar-refractivity contribution in [2.45, 2.75) is 44.7 Å². The predicted octanol–water partition coefficient (Wildman–Crippen LogP) is -0.323. The van der Waals surface area contributed by atoms with E-state index < -0.39 is 12.0 Å². The van der Waals surface area contributed by atoms with Gasteiger partial charge in [0.2, 0.25) is 5.91 Å². The Bertz CT molecular complexity index is 311. The van der Waals surface area contributed by atoms with E-state index in [-0.39, 0.29) is 30.6 Å². The third-order valence-corrected chi connectivity index (χ3v) is 2.78. The fourth-order valence-electron chi connectivity index (χ4n) is 1.79. The average molecular weight is 242 g/mol. The summed E-state index contributed by atoms with van der Waals surface area (Å²) in [5.41, 5.74) is 0. The monoisotopic (exact) mass is 242 g/mol. The van der Waals surface area contributed by atoms with Crippen LogP contribution in [-0.4, -0.2) is 41.4 Å². The zero-order valence-corrected chi connectivity index (χ0v) is 9.86. The van der Waals surface area contributed by atoms with Crippen LogP contribution in [0, 0.1) is 0 Å². The topological polar surface area (TPSA) is 95.5 Å². The number of carbonyl (C=O) groups excluding carboxylic acids is 2. The lowest BCUT2D eigenvalue weighted by Gasteiger charge is -2.17. The molecule has 1 aliphatic heterocycles. The van der Waals surface area contributed by atoms with Crippen LogP contribution in [0.2, 0.25) is 0 Å². The van der Waals surface area contributed by atoms with Crippen LogP contribution in [-0.2, 0) is 14.4 Å². The summed E-state index contributed by atoms with van der Waals surface area (Å²) in [4.78, 5) is 33.4. The van der Waals surface area contributed by atoms with Gasteiger partial charge in [0.25, 0.3) is 0 Å². The molecule has 0 bridgehead atoms. The Hall–Kier alpha value is -1.43. The second-order valence-corrected chi connectivity index (χ2v) is 4.29. The number of carboxylic acids is 1. The summed E-state index contributed by atoms with van der Waals surface area (Å²) in [6.45, 7) is 2.18. The molecule has 0 aliphatic carbocycles. The summed E-state index contributed by atoms with van der Waals surface area (Å²) in [7, 11) is 0. The minimum Gasteiger partial charge on any atom is -0.480 e. The van der Waals surface area contributed by atoms with E-state index in [1.54, 1.807) is 0 Å². The zero-order valence-electron chi connectivity index (χ0n) is 9.86. The Balaban J connectivity index is 2.44. The number of hydrogen-bond acceptors (Lipinski definition) is 4. The van der Waals surface area contributed by atoms with Crippen molar-refractivity contribution in [2.24, 2.45) is 0 Å². The Morgan fingerprint density at radius 1 is 1.47 bits per heavy atom. The standard InChI is InChI=1S/C11H18N2O4/c1-7(14)4-5-9(11(16)17)13-10(15)8-3-2-6-12-8/h8-9,12H,2-6H2,1H3,(H,13,15)(H,16,17)/t8?,9-/m0/s1. The molecule has 17 heavy (non-hydrogen) atoms. The van der Waals surface area contributed by atoms with E-state index in [0.29, 0.717) is 0 Å². The van der Waals surface area contributed by atoms with Crippen LogP contribution >= 0.6 is 0 Å². The molecule has 0 aromatic heterocycles. The third-order valence-electron chi connectivity index (χ3n) is 2.78. The van der Waals surface area contributed by atoms with Gasteiger partial charge in [0.1, 0.15) is 11.8 Å². The van der Waals surface area contributed by atoms with Crippen LogP contribution in [0.5, 0.6) is 0 Å². The van der Waals surface area contributed by atoms with Crippen LogP contribution in [0.25, 0.3) is 0 Å². The minimum atomic E-state index is -1.10. The summed E-state index contributed by atoms with van der Waals surface area (Å²) in [6, 6.07) is -1.28. The molecule has 0 aromatic rings. The van der Waals surface area contributed by atoms with Gasteiger partial charge in [0.05, 0.1) is 6.04 Å². The molecule has 1 amide bonds. The van der Waals surface area contributed by atoms with E-state index >= 15 is 0 Å². The lowest BCUT2D eigenvalue weighted by Crippen LogP contribution is -2.48. The van der Waals surface area contributed by atoms with Crippen molar-refractivity contribution < 1.29 is 19.5 Å². The molecule has 0 spiro atoms. The second kappa shape index (κ2) is 6.34. The number of nitrogens with one attached hydrogen (secondary N) is 2. The van der Waals surface area contributed by atoms with Gasteiger partial charge in [-0.15, -0.1) is 0 Å². The SMILES string of the molecule is CC(=O)CC[C@H](NC(=O)C1CCCN1)C(=O)O. The summed E-state index contributed by atoms with van der Waals surface area (Å²) in [6.07, 6.45) is 1.95. The molecule has 6 nitrogen and oxygen atoms in total. The Morgan fingerprint density at radius 3 is 2.65 bits per heavy atom. The summed E-state index contributed by atoms with van der Waals surface area (Å²) in [5, 5.41) is 14.4. The molecule has 3 N–H and O–H groups in total. The quantitative estimate of drug-likeness (QED) is 0.593. The van der Waals surface area contributed by atoms with Crippen molar-refractivity contribution >= 4 is 17.7 Å². The highest BCUT2D eigenvalue weighted by molar-refractivity contribution is 5.87. The maximum Gasteiger partial charge on any atom is 0.326 e. The van der Waals surface area contributed by atoms with Crippen molar-refractivity contribution in [2.75, 3.05) is 6.54 Å². The molecule has 0 radical (unpaired) electrons. The maximum absolute atomic E-state index is 11.7. The highest BCUT2D eigenvalue weighted by Gasteiger charge is 2.26. The number of ketones is 1. The number of hydrogen-bond donors (Lipinski definition) is 3. The first-order valence-corrected chi connectivity index (χ1v) is 5.76. The van der Waals surface area contributed by atoms with Gasteiger partial charge in [-0.05, 0) is 32.7 Å². The first-order valence-electron chi connectivity index (χ1n) is 5.76. The molecular formula is C11H18N2O4. The van der Waals surface area contributed by atoms with Gasteiger partial charge >= 0.3 is 5.97 Å². The maximum atomic E-state index is 11.7. The number of amides is 1. The molecule has 1 fully saturated rings. The van der Waals surface area contributed by atoms with Gasteiger partial charge in [-0.3, -0.25) is 4.79 Å². The molecule has 1 saturated heterocycles. The minimum absolute atomic E-state index is 0.0792. The van der Waals surface area contributed by atoms with Crippen molar-refractivity contribution in [1.82, 2.24) is 10.6 Å². The molecule has 1 aliphatic rings. The van der Waals surface area contributed by atoms with Gasteiger partial charge in [-0.2, -0.15) is 0 Å². The van der Waals surface area contributed by atoms with Crippen molar-refractivity contribution in [3.8, 4) is 0 Å². The van der Waals surface area contributed by atoms with Crippen molar-refractivity contribution in [3.63, 3.8) is 0 Å². The van der Waals surface area contributed by atoms with E-state index in [2.05, 4.69) is 10.6 Å². The predicted molar refractivity (Wildman–Crippen MR) is 60.5 cm³/mol. The lowest BCUT2D eigenvalue weighted by molar-refractivity contribution is -0.142. The first kappa shape index (κ1) is 13.6. The summed E-state index contributed by atoms with van der Waals surface area (Å²) < 4.78 is 0. The van der Waals surface area contributed by atoms with Gasteiger partial charge < -0.3 is 20.5 Å². The molecule has 0 saturated carbocycles. The normalized spacial score (nSPS) is 20.9. The summed E-state index contributed by atoms with van der Waals surface area (Å²) in [5.74, 6) is -1.47. The Morgan fingerprint density at radius 2 is 2.18 bits per heavy atom. The number of carbonyl (C=O) groups is 3. The average Bonchev–Trinajstić information content (AvgIpc) is 2.76. The van der Waals surface area contributed by atoms with E-state index in [4.69, 9.17) is 5.11 Å². The van der Waals surface area contributed by atoms with Crippen LogP contribution in [0.15, 0.2) is 0 Å². The third kappa shape index (κ3) is 4.52. The Labute approximate surface area is 99.8 Å². The molecule has 1 rings (SSSR count).